The van der Waals surface area contributed by atoms with Crippen molar-refractivity contribution in [2.75, 3.05) is 51.2 Å². The summed E-state index contributed by atoms with van der Waals surface area (Å²) in [5.74, 6) is -0.306. The summed E-state index contributed by atoms with van der Waals surface area (Å²) in [7, 11) is 2.13. The zero-order chi connectivity index (χ0) is 18.9. The highest BCUT2D eigenvalue weighted by atomic mass is 19.1. The maximum atomic E-state index is 14.3. The van der Waals surface area contributed by atoms with Crippen LogP contribution in [0, 0.1) is 5.82 Å². The SMILES string of the molecule is CN1CCN([C@@H]2CN(c3ccncc3F)CC[C@]2(O)c2ccccc2)CC1. The van der Waals surface area contributed by atoms with Gasteiger partial charge in [-0.2, -0.15) is 0 Å². The maximum Gasteiger partial charge on any atom is 0.164 e. The van der Waals surface area contributed by atoms with Crippen LogP contribution in [0.2, 0.25) is 0 Å². The van der Waals surface area contributed by atoms with Crippen molar-refractivity contribution < 1.29 is 9.50 Å². The van der Waals surface area contributed by atoms with Crippen LogP contribution in [0.25, 0.3) is 0 Å². The number of rotatable bonds is 3. The zero-order valence-electron chi connectivity index (χ0n) is 15.8. The Bertz CT molecular complexity index is 766. The zero-order valence-corrected chi connectivity index (χ0v) is 15.8. The van der Waals surface area contributed by atoms with E-state index in [1.54, 1.807) is 12.3 Å². The van der Waals surface area contributed by atoms with Crippen molar-refractivity contribution in [2.24, 2.45) is 0 Å². The molecule has 0 aliphatic carbocycles. The second-order valence-corrected chi connectivity index (χ2v) is 7.67. The van der Waals surface area contributed by atoms with Gasteiger partial charge in [0.2, 0.25) is 0 Å². The molecular weight excluding hydrogens is 343 g/mol. The van der Waals surface area contributed by atoms with Gasteiger partial charge in [-0.1, -0.05) is 30.3 Å². The van der Waals surface area contributed by atoms with Gasteiger partial charge in [0.05, 0.1) is 17.9 Å². The van der Waals surface area contributed by atoms with Crippen LogP contribution in [-0.2, 0) is 5.60 Å². The van der Waals surface area contributed by atoms with Crippen LogP contribution in [0.1, 0.15) is 12.0 Å². The molecule has 4 rings (SSSR count). The Hall–Kier alpha value is -2.02. The second-order valence-electron chi connectivity index (χ2n) is 7.67. The molecule has 5 nitrogen and oxygen atoms in total. The van der Waals surface area contributed by atoms with Crippen LogP contribution in [0.15, 0.2) is 48.8 Å². The van der Waals surface area contributed by atoms with Crippen molar-refractivity contribution in [3.05, 3.63) is 60.2 Å². The third-order valence-electron chi connectivity index (χ3n) is 6.05. The maximum absolute atomic E-state index is 14.3. The normalized spacial score (nSPS) is 27.7. The molecule has 3 heterocycles. The molecule has 1 N–H and O–H groups in total. The fraction of sp³-hybridized carbons (Fsp3) is 0.476. The molecule has 6 heteroatoms. The molecule has 27 heavy (non-hydrogen) atoms. The van der Waals surface area contributed by atoms with E-state index in [9.17, 15) is 9.50 Å². The van der Waals surface area contributed by atoms with Crippen molar-refractivity contribution in [3.8, 4) is 0 Å². The predicted molar refractivity (Wildman–Crippen MR) is 104 cm³/mol. The Morgan fingerprint density at radius 3 is 2.52 bits per heavy atom. The van der Waals surface area contributed by atoms with Crippen molar-refractivity contribution in [1.82, 2.24) is 14.8 Å². The minimum atomic E-state index is -0.933. The van der Waals surface area contributed by atoms with E-state index in [4.69, 9.17) is 0 Å². The van der Waals surface area contributed by atoms with E-state index in [-0.39, 0.29) is 11.9 Å². The summed E-state index contributed by atoms with van der Waals surface area (Å²) in [4.78, 5) is 10.6. The van der Waals surface area contributed by atoms with Crippen molar-refractivity contribution in [1.29, 1.82) is 0 Å². The van der Waals surface area contributed by atoms with E-state index in [2.05, 4.69) is 26.7 Å². The number of piperazine rings is 1. The Morgan fingerprint density at radius 1 is 1.07 bits per heavy atom. The van der Waals surface area contributed by atoms with Gasteiger partial charge in [0.25, 0.3) is 0 Å². The summed E-state index contributed by atoms with van der Waals surface area (Å²) in [6.07, 6.45) is 3.45. The molecule has 2 aliphatic rings. The van der Waals surface area contributed by atoms with Crippen molar-refractivity contribution in [2.45, 2.75) is 18.1 Å². The van der Waals surface area contributed by atoms with Gasteiger partial charge in [-0.05, 0) is 25.1 Å². The van der Waals surface area contributed by atoms with Gasteiger partial charge < -0.3 is 14.9 Å². The number of anilines is 1. The lowest BCUT2D eigenvalue weighted by molar-refractivity contribution is -0.0757. The highest BCUT2D eigenvalue weighted by molar-refractivity contribution is 5.48. The second kappa shape index (κ2) is 7.54. The lowest BCUT2D eigenvalue weighted by Crippen LogP contribution is -2.64. The largest absolute Gasteiger partial charge is 0.383 e. The van der Waals surface area contributed by atoms with Gasteiger partial charge in [0.15, 0.2) is 5.82 Å². The highest BCUT2D eigenvalue weighted by Crippen LogP contribution is 2.38. The van der Waals surface area contributed by atoms with Crippen molar-refractivity contribution in [3.63, 3.8) is 0 Å². The number of pyridine rings is 1. The van der Waals surface area contributed by atoms with Crippen LogP contribution < -0.4 is 4.90 Å². The third-order valence-corrected chi connectivity index (χ3v) is 6.05. The van der Waals surface area contributed by atoms with Crippen molar-refractivity contribution >= 4 is 5.69 Å². The molecule has 144 valence electrons. The number of hydrogen-bond donors (Lipinski definition) is 1. The number of aliphatic hydroxyl groups is 1. The van der Waals surface area contributed by atoms with E-state index in [0.717, 1.165) is 31.7 Å². The Balaban J connectivity index is 1.66. The predicted octanol–water partition coefficient (Wildman–Crippen LogP) is 1.93. The number of benzene rings is 1. The van der Waals surface area contributed by atoms with Crippen LogP contribution in [-0.4, -0.2) is 72.2 Å². The Labute approximate surface area is 160 Å². The molecular formula is C21H27FN4O. The fourth-order valence-corrected chi connectivity index (χ4v) is 4.38. The Kier molecular flexibility index (Phi) is 5.12. The standard InChI is InChI=1S/C21H27FN4O/c1-24-11-13-25(14-12-24)20-16-26(19-7-9-23-15-18(19)22)10-8-21(20,27)17-5-3-2-4-6-17/h2-7,9,15,20,27H,8,10-14,16H2,1H3/t20-,21+/m1/s1. The molecule has 2 atom stereocenters. The summed E-state index contributed by atoms with van der Waals surface area (Å²) in [6.45, 7) is 4.97. The number of nitrogens with zero attached hydrogens (tertiary/aromatic N) is 4. The first-order valence-electron chi connectivity index (χ1n) is 9.63. The molecule has 1 aromatic carbocycles. The van der Waals surface area contributed by atoms with Crippen LogP contribution >= 0.6 is 0 Å². The average Bonchev–Trinajstić information content (AvgIpc) is 2.70. The minimum absolute atomic E-state index is 0.0880. The summed E-state index contributed by atoms with van der Waals surface area (Å²) >= 11 is 0. The third kappa shape index (κ3) is 3.57. The summed E-state index contributed by atoms with van der Waals surface area (Å²) in [6, 6.07) is 11.6. The molecule has 2 fully saturated rings. The quantitative estimate of drug-likeness (QED) is 0.894. The molecule has 1 aromatic heterocycles. The summed E-state index contributed by atoms with van der Waals surface area (Å²) < 4.78 is 14.3. The first kappa shape index (κ1) is 18.3. The van der Waals surface area contributed by atoms with Gasteiger partial charge in [-0.3, -0.25) is 9.88 Å². The first-order chi connectivity index (χ1) is 13.1. The van der Waals surface area contributed by atoms with Gasteiger partial charge >= 0.3 is 0 Å². The molecule has 0 amide bonds. The number of hydrogen-bond acceptors (Lipinski definition) is 5. The molecule has 0 bridgehead atoms. The molecule has 0 saturated carbocycles. The van der Waals surface area contributed by atoms with Gasteiger partial charge in [-0.25, -0.2) is 4.39 Å². The van der Waals surface area contributed by atoms with E-state index >= 15 is 0 Å². The van der Waals surface area contributed by atoms with E-state index in [1.165, 1.54) is 6.20 Å². The minimum Gasteiger partial charge on any atom is -0.383 e. The van der Waals surface area contributed by atoms with Crippen LogP contribution in [0.5, 0.6) is 0 Å². The monoisotopic (exact) mass is 370 g/mol. The first-order valence-corrected chi connectivity index (χ1v) is 9.63. The smallest absolute Gasteiger partial charge is 0.164 e. The van der Waals surface area contributed by atoms with Gasteiger partial charge in [-0.15, -0.1) is 0 Å². The lowest BCUT2D eigenvalue weighted by Gasteiger charge is -2.51. The molecule has 0 unspecified atom stereocenters. The molecule has 2 saturated heterocycles. The van der Waals surface area contributed by atoms with Gasteiger partial charge in [0.1, 0.15) is 5.60 Å². The molecule has 2 aromatic rings. The average molecular weight is 370 g/mol. The molecule has 0 radical (unpaired) electrons. The molecule has 0 spiro atoms. The lowest BCUT2D eigenvalue weighted by atomic mass is 9.79. The fourth-order valence-electron chi connectivity index (χ4n) is 4.38. The molecule has 2 aliphatic heterocycles. The number of halogens is 1. The number of aromatic nitrogens is 1. The summed E-state index contributed by atoms with van der Waals surface area (Å²) in [5.41, 5.74) is 0.583. The topological polar surface area (TPSA) is 42.8 Å². The van der Waals surface area contributed by atoms with Crippen LogP contribution in [0.4, 0.5) is 10.1 Å². The highest BCUT2D eigenvalue weighted by Gasteiger charge is 2.46. The van der Waals surface area contributed by atoms with E-state index in [1.807, 2.05) is 30.3 Å². The van der Waals surface area contributed by atoms with E-state index in [0.29, 0.717) is 25.2 Å². The number of piperidine rings is 1. The number of likely N-dealkylation sites (N-methyl/N-ethyl adjacent to an activating group) is 1. The Morgan fingerprint density at radius 2 is 1.81 bits per heavy atom. The van der Waals surface area contributed by atoms with Crippen LogP contribution in [0.3, 0.4) is 0 Å². The van der Waals surface area contributed by atoms with E-state index < -0.39 is 5.60 Å². The summed E-state index contributed by atoms with van der Waals surface area (Å²) in [5, 5.41) is 11.8. The van der Waals surface area contributed by atoms with Gasteiger partial charge in [0, 0.05) is 45.5 Å².